The molecule has 0 aliphatic rings. The summed E-state index contributed by atoms with van der Waals surface area (Å²) in [4.78, 5) is 24.0. The van der Waals surface area contributed by atoms with Crippen LogP contribution in [0, 0.1) is 0 Å². The molecule has 0 radical (unpaired) electrons. The predicted octanol–water partition coefficient (Wildman–Crippen LogP) is 3.32. The quantitative estimate of drug-likeness (QED) is 0.347. The second-order valence-corrected chi connectivity index (χ2v) is 7.70. The Kier molecular flexibility index (Phi) is 6.36. The smallest absolute Gasteiger partial charge is 0.439 e. The predicted molar refractivity (Wildman–Crippen MR) is 119 cm³/mol. The molecule has 0 bridgehead atoms. The van der Waals surface area contributed by atoms with Gasteiger partial charge in [-0.2, -0.15) is 0 Å². The van der Waals surface area contributed by atoms with Gasteiger partial charge in [0, 0.05) is 18.7 Å². The van der Waals surface area contributed by atoms with Crippen LogP contribution in [-0.2, 0) is 6.42 Å². The van der Waals surface area contributed by atoms with Crippen LogP contribution in [0.1, 0.15) is 12.5 Å². The van der Waals surface area contributed by atoms with Gasteiger partial charge in [0.1, 0.15) is 22.8 Å². The molecule has 166 valence electrons. The number of phenolic OH excluding ortho intramolecular Hbond substituents is 1. The second kappa shape index (κ2) is 9.52. The van der Waals surface area contributed by atoms with Crippen molar-refractivity contribution in [3.63, 3.8) is 0 Å². The highest BCUT2D eigenvalue weighted by molar-refractivity contribution is 7.19. The molecule has 11 heteroatoms. The highest BCUT2D eigenvalue weighted by Gasteiger charge is 2.18. The summed E-state index contributed by atoms with van der Waals surface area (Å²) < 4.78 is 15.5. The number of hydrogen-bond acceptors (Lipinski definition) is 10. The van der Waals surface area contributed by atoms with E-state index in [1.54, 1.807) is 12.1 Å². The molecule has 0 saturated heterocycles. The number of nitrogens with one attached hydrogen (secondary N) is 2. The Hall–Kier alpha value is -3.86. The van der Waals surface area contributed by atoms with Crippen LogP contribution in [0.3, 0.4) is 0 Å². The maximum Gasteiger partial charge on any atom is 0.439 e. The zero-order chi connectivity index (χ0) is 22.5. The van der Waals surface area contributed by atoms with Gasteiger partial charge in [-0.1, -0.05) is 11.2 Å². The second-order valence-electron chi connectivity index (χ2n) is 6.65. The van der Waals surface area contributed by atoms with Crippen LogP contribution in [0.2, 0.25) is 0 Å². The highest BCUT2D eigenvalue weighted by atomic mass is 32.1. The van der Waals surface area contributed by atoms with Gasteiger partial charge in [-0.3, -0.25) is 9.51 Å². The number of aromatic nitrogens is 4. The van der Waals surface area contributed by atoms with Crippen molar-refractivity contribution >= 4 is 17.2 Å². The fourth-order valence-corrected chi connectivity index (χ4v) is 4.06. The van der Waals surface area contributed by atoms with Crippen molar-refractivity contribution in [2.75, 3.05) is 25.6 Å². The van der Waals surface area contributed by atoms with Crippen LogP contribution in [-0.4, -0.2) is 45.5 Å². The number of phenols is 1. The minimum absolute atomic E-state index is 0.112. The Labute approximate surface area is 186 Å². The van der Waals surface area contributed by atoms with Gasteiger partial charge in [-0.25, -0.2) is 14.8 Å². The molecule has 0 unspecified atom stereocenters. The van der Waals surface area contributed by atoms with E-state index in [1.165, 1.54) is 24.8 Å². The van der Waals surface area contributed by atoms with Crippen molar-refractivity contribution in [3.8, 4) is 38.5 Å². The van der Waals surface area contributed by atoms with E-state index in [0.717, 1.165) is 10.4 Å². The Balaban J connectivity index is 1.50. The number of methoxy groups -OCH3 is 1. The Morgan fingerprint density at radius 3 is 2.84 bits per heavy atom. The SMILES string of the molecule is CCOc1cc(-c2cc(NCCc3ccc(O)c(OC)c3)ncn2)sc1-c1noc(=O)[nH]1. The number of nitrogens with zero attached hydrogens (tertiary/aromatic N) is 3. The van der Waals surface area contributed by atoms with Crippen molar-refractivity contribution < 1.29 is 19.1 Å². The zero-order valence-corrected chi connectivity index (χ0v) is 18.2. The summed E-state index contributed by atoms with van der Waals surface area (Å²) in [5, 5.41) is 16.8. The van der Waals surface area contributed by atoms with E-state index in [2.05, 4.69) is 29.9 Å². The first-order valence-electron chi connectivity index (χ1n) is 9.82. The third kappa shape index (κ3) is 4.72. The average Bonchev–Trinajstić information content (AvgIpc) is 3.41. The molecule has 1 aromatic carbocycles. The zero-order valence-electron chi connectivity index (χ0n) is 17.4. The first-order chi connectivity index (χ1) is 15.6. The first kappa shape index (κ1) is 21.4. The lowest BCUT2D eigenvalue weighted by Gasteiger charge is -2.08. The molecule has 0 saturated carbocycles. The number of thiophene rings is 1. The topological polar surface area (TPSA) is 135 Å². The Morgan fingerprint density at radius 2 is 2.09 bits per heavy atom. The Bertz CT molecular complexity index is 1270. The molecule has 0 amide bonds. The molecular weight excluding hydrogens is 434 g/mol. The van der Waals surface area contributed by atoms with Gasteiger partial charge >= 0.3 is 5.76 Å². The monoisotopic (exact) mass is 455 g/mol. The molecule has 3 N–H and O–H groups in total. The van der Waals surface area contributed by atoms with E-state index in [4.69, 9.17) is 9.47 Å². The van der Waals surface area contributed by atoms with E-state index in [-0.39, 0.29) is 5.75 Å². The van der Waals surface area contributed by atoms with Crippen molar-refractivity contribution in [2.24, 2.45) is 0 Å². The number of aromatic amines is 1. The number of ether oxygens (including phenoxy) is 2. The maximum absolute atomic E-state index is 11.3. The molecular formula is C21H21N5O5S. The third-order valence-electron chi connectivity index (χ3n) is 4.54. The molecule has 0 atom stereocenters. The number of benzene rings is 1. The summed E-state index contributed by atoms with van der Waals surface area (Å²) in [5.41, 5.74) is 1.73. The summed E-state index contributed by atoms with van der Waals surface area (Å²) >= 11 is 1.38. The van der Waals surface area contributed by atoms with Gasteiger partial charge in [-0.15, -0.1) is 11.3 Å². The molecule has 4 rings (SSSR count). The fraction of sp³-hybridized carbons (Fsp3) is 0.238. The van der Waals surface area contributed by atoms with Crippen LogP contribution >= 0.6 is 11.3 Å². The molecule has 10 nitrogen and oxygen atoms in total. The number of rotatable bonds is 9. The molecule has 4 aromatic rings. The van der Waals surface area contributed by atoms with Gasteiger partial charge < -0.3 is 19.9 Å². The van der Waals surface area contributed by atoms with Gasteiger partial charge in [0.25, 0.3) is 0 Å². The van der Waals surface area contributed by atoms with Crippen molar-refractivity contribution in [1.29, 1.82) is 0 Å². The van der Waals surface area contributed by atoms with Crippen LogP contribution < -0.4 is 20.5 Å². The van der Waals surface area contributed by atoms with Crippen molar-refractivity contribution in [2.45, 2.75) is 13.3 Å². The summed E-state index contributed by atoms with van der Waals surface area (Å²) in [7, 11) is 1.52. The fourth-order valence-electron chi connectivity index (χ4n) is 3.06. The van der Waals surface area contributed by atoms with Gasteiger partial charge in [0.2, 0.25) is 0 Å². The van der Waals surface area contributed by atoms with Crippen LogP contribution in [0.25, 0.3) is 21.3 Å². The van der Waals surface area contributed by atoms with E-state index >= 15 is 0 Å². The minimum Gasteiger partial charge on any atom is -0.504 e. The normalized spacial score (nSPS) is 10.8. The van der Waals surface area contributed by atoms with Gasteiger partial charge in [0.15, 0.2) is 17.3 Å². The molecule has 3 heterocycles. The largest absolute Gasteiger partial charge is 0.504 e. The minimum atomic E-state index is -0.628. The van der Waals surface area contributed by atoms with Crippen LogP contribution in [0.15, 0.2) is 46.0 Å². The van der Waals surface area contributed by atoms with Crippen molar-refractivity contribution in [3.05, 3.63) is 52.8 Å². The lowest BCUT2D eigenvalue weighted by atomic mass is 10.1. The van der Waals surface area contributed by atoms with E-state index < -0.39 is 5.76 Å². The number of hydrogen-bond donors (Lipinski definition) is 3. The number of aromatic hydroxyl groups is 1. The molecule has 3 aromatic heterocycles. The highest BCUT2D eigenvalue weighted by Crippen LogP contribution is 2.41. The van der Waals surface area contributed by atoms with E-state index in [9.17, 15) is 9.90 Å². The van der Waals surface area contributed by atoms with Crippen molar-refractivity contribution in [1.82, 2.24) is 20.1 Å². The Morgan fingerprint density at radius 1 is 1.22 bits per heavy atom. The summed E-state index contributed by atoms with van der Waals surface area (Å²) in [6, 6.07) is 8.96. The molecule has 0 aliphatic carbocycles. The third-order valence-corrected chi connectivity index (χ3v) is 5.68. The molecule has 0 fully saturated rings. The number of anilines is 1. The van der Waals surface area contributed by atoms with Gasteiger partial charge in [0.05, 0.1) is 24.3 Å². The van der Waals surface area contributed by atoms with Gasteiger partial charge in [-0.05, 0) is 31.0 Å². The first-order valence-corrected chi connectivity index (χ1v) is 10.6. The van der Waals surface area contributed by atoms with Crippen LogP contribution in [0.4, 0.5) is 5.82 Å². The standard InChI is InChI=1S/C21H21N5O5S/c1-3-30-16-10-17(32-19(16)20-25-21(28)31-26-20)13-9-18(24-11-23-13)22-7-6-12-4-5-14(27)15(8-12)29-2/h4-5,8-11,27H,3,6-7H2,1-2H3,(H,22,23,24)(H,25,26,28). The molecule has 0 spiro atoms. The van der Waals surface area contributed by atoms with E-state index in [1.807, 2.05) is 25.1 Å². The van der Waals surface area contributed by atoms with Crippen LogP contribution in [0.5, 0.6) is 17.2 Å². The lowest BCUT2D eigenvalue weighted by molar-refractivity contribution is 0.342. The molecule has 0 aliphatic heterocycles. The number of H-pyrrole nitrogens is 1. The summed E-state index contributed by atoms with van der Waals surface area (Å²) in [6.45, 7) is 2.97. The lowest BCUT2D eigenvalue weighted by Crippen LogP contribution is -2.06. The average molecular weight is 455 g/mol. The molecule has 32 heavy (non-hydrogen) atoms. The van der Waals surface area contributed by atoms with E-state index in [0.29, 0.717) is 53.3 Å². The summed E-state index contributed by atoms with van der Waals surface area (Å²) in [5.74, 6) is 1.50. The maximum atomic E-state index is 11.3. The summed E-state index contributed by atoms with van der Waals surface area (Å²) in [6.07, 6.45) is 2.20.